The second-order valence-corrected chi connectivity index (χ2v) is 5.61. The van der Waals surface area contributed by atoms with Crippen molar-refractivity contribution in [3.05, 3.63) is 23.8 Å². The number of hydrogen-bond donors (Lipinski definition) is 1. The van der Waals surface area contributed by atoms with E-state index in [0.717, 1.165) is 24.8 Å². The first kappa shape index (κ1) is 11.4. The van der Waals surface area contributed by atoms with Crippen LogP contribution in [0.15, 0.2) is 23.1 Å². The third-order valence-corrected chi connectivity index (χ3v) is 4.11. The summed E-state index contributed by atoms with van der Waals surface area (Å²) < 4.78 is 28.6. The van der Waals surface area contributed by atoms with Crippen molar-refractivity contribution in [3.8, 4) is 5.75 Å². The average Bonchev–Trinajstić information content (AvgIpc) is 2.11. The van der Waals surface area contributed by atoms with Crippen molar-refractivity contribution in [3.63, 3.8) is 0 Å². The van der Waals surface area contributed by atoms with Crippen molar-refractivity contribution < 1.29 is 17.7 Å². The van der Waals surface area contributed by atoms with Gasteiger partial charge in [-0.1, -0.05) is 6.07 Å². The molecule has 5 heteroatoms. The van der Waals surface area contributed by atoms with E-state index < -0.39 is 10.1 Å². The van der Waals surface area contributed by atoms with Gasteiger partial charge in [0, 0.05) is 0 Å². The van der Waals surface area contributed by atoms with Gasteiger partial charge < -0.3 is 5.11 Å². The van der Waals surface area contributed by atoms with Gasteiger partial charge in [0.25, 0.3) is 0 Å². The number of phenolic OH excluding ortho intramolecular Hbond substituents is 1. The molecule has 0 saturated heterocycles. The fourth-order valence-electron chi connectivity index (χ4n) is 1.54. The smallest absolute Gasteiger partial charge is 0.300 e. The maximum Gasteiger partial charge on any atom is 0.300 e. The summed E-state index contributed by atoms with van der Waals surface area (Å²) in [4.78, 5) is -0.148. The Morgan fingerprint density at radius 2 is 2.06 bits per heavy atom. The lowest BCUT2D eigenvalue weighted by Crippen LogP contribution is -2.25. The van der Waals surface area contributed by atoms with Crippen molar-refractivity contribution in [1.29, 1.82) is 0 Å². The Balaban J connectivity index is 2.27. The molecule has 0 amide bonds. The quantitative estimate of drug-likeness (QED) is 0.823. The Kier molecular flexibility index (Phi) is 2.90. The van der Waals surface area contributed by atoms with E-state index in [0.29, 0.717) is 0 Å². The highest BCUT2D eigenvalue weighted by molar-refractivity contribution is 7.86. The summed E-state index contributed by atoms with van der Waals surface area (Å²) in [5.41, 5.74) is 0.806. The molecule has 1 fully saturated rings. The topological polar surface area (TPSA) is 63.6 Å². The van der Waals surface area contributed by atoms with E-state index in [-0.39, 0.29) is 16.7 Å². The molecule has 0 radical (unpaired) electrons. The third-order valence-electron chi connectivity index (χ3n) is 2.70. The predicted octanol–water partition coefficient (Wildman–Crippen LogP) is 1.96. The lowest BCUT2D eigenvalue weighted by molar-refractivity contribution is 0.127. The van der Waals surface area contributed by atoms with Crippen LogP contribution in [-0.2, 0) is 14.3 Å². The van der Waals surface area contributed by atoms with Crippen molar-refractivity contribution in [2.45, 2.75) is 37.2 Å². The highest BCUT2D eigenvalue weighted by Crippen LogP contribution is 2.30. The van der Waals surface area contributed by atoms with Crippen molar-refractivity contribution in [1.82, 2.24) is 0 Å². The molecule has 1 saturated carbocycles. The van der Waals surface area contributed by atoms with Crippen LogP contribution >= 0.6 is 0 Å². The van der Waals surface area contributed by atoms with Crippen LogP contribution in [0, 0.1) is 6.92 Å². The highest BCUT2D eigenvalue weighted by Gasteiger charge is 2.28. The zero-order chi connectivity index (χ0) is 11.8. The van der Waals surface area contributed by atoms with Crippen LogP contribution in [0.25, 0.3) is 0 Å². The second kappa shape index (κ2) is 4.07. The Bertz CT molecular complexity index is 489. The van der Waals surface area contributed by atoms with E-state index >= 15 is 0 Å². The van der Waals surface area contributed by atoms with E-state index in [9.17, 15) is 13.5 Å². The molecule has 1 aromatic carbocycles. The fourth-order valence-corrected chi connectivity index (χ4v) is 2.74. The maximum absolute atomic E-state index is 11.8. The molecule has 0 spiro atoms. The van der Waals surface area contributed by atoms with Gasteiger partial charge in [0.2, 0.25) is 0 Å². The minimum absolute atomic E-state index is 0.148. The van der Waals surface area contributed by atoms with E-state index in [1.807, 2.05) is 0 Å². The monoisotopic (exact) mass is 242 g/mol. The molecule has 1 aromatic rings. The molecule has 1 aliphatic rings. The van der Waals surface area contributed by atoms with Crippen molar-refractivity contribution >= 4 is 10.1 Å². The first-order valence-electron chi connectivity index (χ1n) is 5.22. The Labute approximate surface area is 95.0 Å². The van der Waals surface area contributed by atoms with Crippen LogP contribution in [-0.4, -0.2) is 19.6 Å². The van der Waals surface area contributed by atoms with Gasteiger partial charge in [0.1, 0.15) is 10.6 Å². The van der Waals surface area contributed by atoms with Gasteiger partial charge in [-0.25, -0.2) is 0 Å². The Morgan fingerprint density at radius 1 is 1.38 bits per heavy atom. The number of aryl methyl sites for hydroxylation is 1. The van der Waals surface area contributed by atoms with Gasteiger partial charge in [0.05, 0.1) is 6.10 Å². The maximum atomic E-state index is 11.8. The molecule has 0 heterocycles. The van der Waals surface area contributed by atoms with E-state index in [1.54, 1.807) is 13.0 Å². The second-order valence-electron chi connectivity index (χ2n) is 4.07. The zero-order valence-corrected chi connectivity index (χ0v) is 9.83. The van der Waals surface area contributed by atoms with E-state index in [2.05, 4.69) is 0 Å². The molecule has 0 bridgehead atoms. The minimum Gasteiger partial charge on any atom is -0.506 e. The van der Waals surface area contributed by atoms with Gasteiger partial charge in [-0.15, -0.1) is 0 Å². The Hall–Kier alpha value is -1.07. The molecule has 1 aliphatic carbocycles. The minimum atomic E-state index is -3.82. The first-order chi connectivity index (χ1) is 7.49. The van der Waals surface area contributed by atoms with Gasteiger partial charge in [-0.2, -0.15) is 8.42 Å². The van der Waals surface area contributed by atoms with Crippen molar-refractivity contribution in [2.24, 2.45) is 0 Å². The molecule has 2 rings (SSSR count). The summed E-state index contributed by atoms with van der Waals surface area (Å²) in [5, 5.41) is 9.57. The van der Waals surface area contributed by atoms with Crippen LogP contribution in [0.1, 0.15) is 24.8 Å². The summed E-state index contributed by atoms with van der Waals surface area (Å²) in [6, 6.07) is 4.42. The van der Waals surface area contributed by atoms with Crippen LogP contribution < -0.4 is 0 Å². The lowest BCUT2D eigenvalue weighted by Gasteiger charge is -2.24. The molecule has 16 heavy (non-hydrogen) atoms. The molecule has 0 aromatic heterocycles. The largest absolute Gasteiger partial charge is 0.506 e. The van der Waals surface area contributed by atoms with Gasteiger partial charge >= 0.3 is 10.1 Å². The van der Waals surface area contributed by atoms with Gasteiger partial charge in [-0.3, -0.25) is 4.18 Å². The zero-order valence-electron chi connectivity index (χ0n) is 9.01. The number of benzene rings is 1. The third kappa shape index (κ3) is 2.20. The average molecular weight is 242 g/mol. The summed E-state index contributed by atoms with van der Waals surface area (Å²) in [6.45, 7) is 1.78. The molecular formula is C11H14O4S. The molecule has 4 nitrogen and oxygen atoms in total. The summed E-state index contributed by atoms with van der Waals surface area (Å²) >= 11 is 0. The molecule has 88 valence electrons. The molecular weight excluding hydrogens is 228 g/mol. The van der Waals surface area contributed by atoms with Gasteiger partial charge in [0.15, 0.2) is 0 Å². The number of phenols is 1. The number of aromatic hydroxyl groups is 1. The summed E-state index contributed by atoms with van der Waals surface area (Å²) in [6.07, 6.45) is 2.32. The standard InChI is InChI=1S/C11H14O4S/c1-8-5-6-11(10(12)7-8)16(13,14)15-9-3-2-4-9/h5-7,9,12H,2-4H2,1H3. The molecule has 0 atom stereocenters. The highest BCUT2D eigenvalue weighted by atomic mass is 32.2. The lowest BCUT2D eigenvalue weighted by atomic mass is 9.97. The van der Waals surface area contributed by atoms with Crippen LogP contribution in [0.5, 0.6) is 5.75 Å². The van der Waals surface area contributed by atoms with Gasteiger partial charge in [-0.05, 0) is 43.9 Å². The van der Waals surface area contributed by atoms with Crippen LogP contribution in [0.4, 0.5) is 0 Å². The van der Waals surface area contributed by atoms with E-state index in [1.165, 1.54) is 12.1 Å². The summed E-state index contributed by atoms with van der Waals surface area (Å²) in [5.74, 6) is -0.251. The molecule has 1 N–H and O–H groups in total. The molecule has 0 aliphatic heterocycles. The molecule has 0 unspecified atom stereocenters. The summed E-state index contributed by atoms with van der Waals surface area (Å²) in [7, 11) is -3.82. The Morgan fingerprint density at radius 3 is 2.56 bits per heavy atom. The number of hydrogen-bond acceptors (Lipinski definition) is 4. The first-order valence-corrected chi connectivity index (χ1v) is 6.63. The van der Waals surface area contributed by atoms with E-state index in [4.69, 9.17) is 4.18 Å². The SMILES string of the molecule is Cc1ccc(S(=O)(=O)OC2CCC2)c(O)c1. The van der Waals surface area contributed by atoms with Crippen molar-refractivity contribution in [2.75, 3.05) is 0 Å². The van der Waals surface area contributed by atoms with Crippen LogP contribution in [0.3, 0.4) is 0 Å². The van der Waals surface area contributed by atoms with Crippen LogP contribution in [0.2, 0.25) is 0 Å². The fraction of sp³-hybridized carbons (Fsp3) is 0.455. The number of rotatable bonds is 3. The predicted molar refractivity (Wildman–Crippen MR) is 58.8 cm³/mol. The normalized spacial score (nSPS) is 17.1.